The van der Waals surface area contributed by atoms with E-state index >= 15 is 0 Å². The number of nitrogens with zero attached hydrogens (tertiary/aromatic N) is 12. The van der Waals surface area contributed by atoms with Crippen LogP contribution in [0.1, 0.15) is 50.6 Å². The minimum atomic E-state index is -0.734. The Hall–Kier alpha value is -10.4. The maximum absolute atomic E-state index is 14.5. The van der Waals surface area contributed by atoms with Gasteiger partial charge in [0.05, 0.1) is 73.9 Å². The predicted octanol–water partition coefficient (Wildman–Crippen LogP) is 17.9. The molecule has 19 rings (SSSR count). The molecular formula is C79H67F9IrN12-2. The summed E-state index contributed by atoms with van der Waals surface area (Å²) in [7, 11) is 6.30. The van der Waals surface area contributed by atoms with Crippen LogP contribution in [0.3, 0.4) is 0 Å². The molecule has 9 aliphatic heterocycles. The molecule has 9 aliphatic rings. The second-order valence-electron chi connectivity index (χ2n) is 26.1. The third-order valence-electron chi connectivity index (χ3n) is 19.6. The molecule has 4 atom stereocenters. The van der Waals surface area contributed by atoms with Gasteiger partial charge in [0.2, 0.25) is 0 Å². The largest absolute Gasteiger partial charge is 0.498 e. The van der Waals surface area contributed by atoms with Gasteiger partial charge in [-0.1, -0.05) is 48.2 Å². The average Bonchev–Trinajstić information content (AvgIpc) is 1.58. The van der Waals surface area contributed by atoms with Crippen LogP contribution in [-0.4, -0.2) is 60.7 Å². The first-order chi connectivity index (χ1) is 48.1. The van der Waals surface area contributed by atoms with Crippen molar-refractivity contribution in [2.75, 3.05) is 65.2 Å². The number of hydrogen-bond acceptors (Lipinski definition) is 12. The molecule has 1 radical (unpaired) electrons. The van der Waals surface area contributed by atoms with Crippen molar-refractivity contribution in [3.8, 4) is 0 Å². The van der Waals surface area contributed by atoms with E-state index in [1.54, 1.807) is 59.5 Å². The fourth-order valence-electron chi connectivity index (χ4n) is 15.4. The number of pyridine rings is 2. The van der Waals surface area contributed by atoms with E-state index in [9.17, 15) is 39.5 Å². The van der Waals surface area contributed by atoms with Gasteiger partial charge in [-0.15, -0.1) is 18.8 Å². The quantitative estimate of drug-likeness (QED) is 0.125. The summed E-state index contributed by atoms with van der Waals surface area (Å²) >= 11 is 0. The van der Waals surface area contributed by atoms with E-state index in [1.165, 1.54) is 80.7 Å². The number of para-hydroxylation sites is 6. The van der Waals surface area contributed by atoms with Crippen molar-refractivity contribution >= 4 is 73.9 Å². The van der Waals surface area contributed by atoms with Crippen molar-refractivity contribution in [2.45, 2.75) is 85.0 Å². The first-order valence-corrected chi connectivity index (χ1v) is 32.7. The third kappa shape index (κ3) is 12.0. The van der Waals surface area contributed by atoms with Crippen LogP contribution < -0.4 is 44.1 Å². The summed E-state index contributed by atoms with van der Waals surface area (Å²) in [6.45, 7) is 11.7. The van der Waals surface area contributed by atoms with Crippen LogP contribution in [0.25, 0.3) is 0 Å². The molecular weight excluding hydrogens is 1480 g/mol. The van der Waals surface area contributed by atoms with Gasteiger partial charge >= 0.3 is 0 Å². The number of likely N-dealkylation sites (N-methyl/N-ethyl adjacent to an activating group) is 3. The number of benzene rings is 8. The maximum Gasteiger partial charge on any atom is 0.150 e. The second-order valence-corrected chi connectivity index (χ2v) is 26.1. The molecule has 2 aromatic heterocycles. The Morgan fingerprint density at radius 1 is 0.376 bits per heavy atom. The van der Waals surface area contributed by atoms with Crippen LogP contribution >= 0.6 is 0 Å². The Labute approximate surface area is 593 Å². The van der Waals surface area contributed by atoms with Gasteiger partial charge in [0, 0.05) is 126 Å². The Morgan fingerprint density at radius 3 is 1.39 bits per heavy atom. The zero-order valence-electron chi connectivity index (χ0n) is 56.1. The van der Waals surface area contributed by atoms with Crippen molar-refractivity contribution in [3.05, 3.63) is 298 Å². The number of aromatic nitrogens is 2. The third-order valence-corrected chi connectivity index (χ3v) is 19.6. The molecule has 8 aromatic carbocycles. The predicted molar refractivity (Wildman–Crippen MR) is 375 cm³/mol. The number of fused-ring (bicyclic) bond motifs is 18. The summed E-state index contributed by atoms with van der Waals surface area (Å²) in [6, 6.07) is 45.3. The Kier molecular flexibility index (Phi) is 17.8. The average molecular weight is 1550 g/mol. The van der Waals surface area contributed by atoms with Crippen molar-refractivity contribution in [1.82, 2.24) is 14.9 Å². The monoisotopic (exact) mass is 1550 g/mol. The maximum atomic E-state index is 14.5. The molecule has 0 saturated heterocycles. The smallest absolute Gasteiger partial charge is 0.150 e. The van der Waals surface area contributed by atoms with E-state index in [4.69, 9.17) is 0 Å². The summed E-state index contributed by atoms with van der Waals surface area (Å²) in [5.41, 5.74) is 19.6. The Morgan fingerprint density at radius 2 is 0.822 bits per heavy atom. The summed E-state index contributed by atoms with van der Waals surface area (Å²) in [5, 5.41) is 0. The van der Waals surface area contributed by atoms with Crippen molar-refractivity contribution in [3.63, 3.8) is 0 Å². The summed E-state index contributed by atoms with van der Waals surface area (Å²) < 4.78 is 124. The van der Waals surface area contributed by atoms with Crippen LogP contribution in [0, 0.1) is 99.7 Å². The molecule has 22 heteroatoms. The fraction of sp³-hybridized carbons (Fsp3) is 0.203. The zero-order chi connectivity index (χ0) is 69.9. The Balaban J connectivity index is 0.000000108. The van der Waals surface area contributed by atoms with Crippen LogP contribution in [0.5, 0.6) is 0 Å². The standard InChI is InChI=1S/C20H12F4N2.C16H11F3N2.C16H17N3.C15H12F2N2.C12H15N3.Ir/c21-12-5-6-16(14(23)9-12)25-17-3-1-2-4-18(17)26-19(25)8-11-7-13(22)10-15(24)20(11)26;1-11-2-4-15(13(18)8-11)20-6-7-21(10-20)16-5-3-12(17)9-14(16)19;1-10-8-12-9-15-18(3)13-6-4-5-7-14(13)19(15)16(12)11(2)17-10;1-18-12-4-2-3-5-13(12)19-14(18)7-9-6-10(16)8-11(17)15(9)19;1-8-6-10-7-11-14(3)4-5-15(11)12(10)9(2)13-8;/h1-7,9-10,19H,8H2;2-4,6-10H,1H3;4-8,15H,9H2,1-3H3;2-6,8,14H,7H2,1H3;4-6,11H,7H2,1-3H3;/q;-2;;;;. The van der Waals surface area contributed by atoms with Crippen molar-refractivity contribution in [2.24, 2.45) is 0 Å². The number of rotatable bonds is 3. The molecule has 0 saturated carbocycles. The van der Waals surface area contributed by atoms with E-state index in [-0.39, 0.29) is 43.5 Å². The van der Waals surface area contributed by atoms with E-state index in [2.05, 4.69) is 131 Å². The topological polar surface area (TPSA) is 58.2 Å². The number of anilines is 13. The molecule has 0 amide bonds. The SMILES string of the molecule is CN1c2ccccc2N2c3c(F)cc(F)cc3CC12.Cc1cc2c(c(C)n1)N1C=CN(C)C1C2.Cc1cc2c(c(C)n1)N1c3ccccc3N(C)C1C2.Cc1ccc(N2C=CN(c3[c-]cc(F)cc3F)[CH-]2)c(F)c1.Fc1ccc(N2c3ccccc3N3c4c(F)cc(F)cc4CC23)c(F)c1.[Ir]. The van der Waals surface area contributed by atoms with Crippen LogP contribution in [0.2, 0.25) is 0 Å². The molecule has 4 unspecified atom stereocenters. The number of hydrogen-bond donors (Lipinski definition) is 0. The molecule has 517 valence electrons. The van der Waals surface area contributed by atoms with Gasteiger partial charge < -0.3 is 49.0 Å². The van der Waals surface area contributed by atoms with Gasteiger partial charge in [-0.2, -0.15) is 6.07 Å². The fourth-order valence-corrected chi connectivity index (χ4v) is 15.4. The number of halogens is 9. The molecule has 0 aliphatic carbocycles. The van der Waals surface area contributed by atoms with Crippen LogP contribution in [0.15, 0.2) is 183 Å². The Bertz CT molecular complexity index is 4800. The van der Waals surface area contributed by atoms with E-state index < -0.39 is 52.7 Å². The summed E-state index contributed by atoms with van der Waals surface area (Å²) in [6.07, 6.45) is 11.0. The van der Waals surface area contributed by atoms with Gasteiger partial charge in [-0.25, -0.2) is 30.7 Å². The molecule has 11 heterocycles. The normalized spacial score (nSPS) is 18.0. The van der Waals surface area contributed by atoms with E-state index in [0.29, 0.717) is 59.2 Å². The van der Waals surface area contributed by atoms with Gasteiger partial charge in [-0.05, 0) is 160 Å². The molecule has 12 nitrogen and oxygen atoms in total. The molecule has 0 spiro atoms. The molecule has 10 aromatic rings. The summed E-state index contributed by atoms with van der Waals surface area (Å²) in [5.74, 6) is -5.46. The molecule has 0 N–H and O–H groups in total. The van der Waals surface area contributed by atoms with E-state index in [1.807, 2.05) is 42.3 Å². The van der Waals surface area contributed by atoms with Gasteiger partial charge in [0.1, 0.15) is 65.4 Å². The number of aryl methyl sites for hydroxylation is 5. The van der Waals surface area contributed by atoms with Crippen molar-refractivity contribution in [1.29, 1.82) is 0 Å². The van der Waals surface area contributed by atoms with Gasteiger partial charge in [-0.3, -0.25) is 18.7 Å². The zero-order valence-corrected chi connectivity index (χ0v) is 58.5. The minimum Gasteiger partial charge on any atom is -0.498 e. The summed E-state index contributed by atoms with van der Waals surface area (Å²) in [4.78, 5) is 29.1. The van der Waals surface area contributed by atoms with Crippen LogP contribution in [0.4, 0.5) is 113 Å². The second kappa shape index (κ2) is 26.6. The molecule has 0 bridgehead atoms. The van der Waals surface area contributed by atoms with Gasteiger partial charge in [0.15, 0.2) is 0 Å². The minimum absolute atomic E-state index is 0. The van der Waals surface area contributed by atoms with Crippen molar-refractivity contribution < 1.29 is 59.6 Å². The first-order valence-electron chi connectivity index (χ1n) is 32.7. The first kappa shape index (κ1) is 67.7. The van der Waals surface area contributed by atoms with E-state index in [0.717, 1.165) is 88.5 Å². The van der Waals surface area contributed by atoms with Gasteiger partial charge in [0.25, 0.3) is 0 Å². The molecule has 101 heavy (non-hydrogen) atoms. The molecule has 0 fully saturated rings. The van der Waals surface area contributed by atoms with Crippen LogP contribution in [-0.2, 0) is 45.8 Å².